The van der Waals surface area contributed by atoms with Crippen LogP contribution in [0.3, 0.4) is 0 Å². The lowest BCUT2D eigenvalue weighted by atomic mass is 10.1. The van der Waals surface area contributed by atoms with Crippen LogP contribution in [0.5, 0.6) is 0 Å². The summed E-state index contributed by atoms with van der Waals surface area (Å²) in [4.78, 5) is 2.60. The first-order valence-electron chi connectivity index (χ1n) is 4.81. The van der Waals surface area contributed by atoms with E-state index >= 15 is 0 Å². The Morgan fingerprint density at radius 1 is 1.00 bits per heavy atom. The van der Waals surface area contributed by atoms with Gasteiger partial charge in [0, 0.05) is 19.6 Å². The highest BCUT2D eigenvalue weighted by molar-refractivity contribution is 4.71. The molecule has 0 amide bonds. The van der Waals surface area contributed by atoms with Gasteiger partial charge < -0.3 is 21.5 Å². The van der Waals surface area contributed by atoms with Gasteiger partial charge in [0.05, 0.1) is 25.7 Å². The molecule has 0 unspecified atom stereocenters. The molecule has 3 heteroatoms. The number of piperazine rings is 3. The van der Waals surface area contributed by atoms with Crippen molar-refractivity contribution in [1.29, 1.82) is 0 Å². The molecule has 3 saturated heterocycles. The van der Waals surface area contributed by atoms with Crippen molar-refractivity contribution in [3.05, 3.63) is 0 Å². The molecule has 3 rings (SSSR count). The second kappa shape index (κ2) is 3.64. The molecular weight excluding hydrogens is 216 g/mol. The third-order valence-corrected chi connectivity index (χ3v) is 3.68. The predicted octanol–water partition coefficient (Wildman–Crippen LogP) is -2.46. The Morgan fingerprint density at radius 3 is 1.67 bits per heavy atom. The minimum absolute atomic E-state index is 0. The fraction of sp³-hybridized carbons (Fsp3) is 1.00. The zero-order chi connectivity index (χ0) is 7.90. The van der Waals surface area contributed by atoms with Crippen LogP contribution in [0.4, 0.5) is 0 Å². The van der Waals surface area contributed by atoms with E-state index < -0.39 is 0 Å². The molecule has 0 atom stereocenters. The third kappa shape index (κ3) is 1.54. The molecule has 0 saturated carbocycles. The van der Waals surface area contributed by atoms with Gasteiger partial charge >= 0.3 is 0 Å². The fourth-order valence-corrected chi connectivity index (χ4v) is 2.47. The lowest BCUT2D eigenvalue weighted by molar-refractivity contribution is -0.959. The Hall–Kier alpha value is 0.400. The van der Waals surface area contributed by atoms with E-state index in [9.17, 15) is 0 Å². The molecular formula is C9H19BrN2. The average Bonchev–Trinajstić information content (AvgIpc) is 2.08. The summed E-state index contributed by atoms with van der Waals surface area (Å²) in [5.41, 5.74) is 0. The highest BCUT2D eigenvalue weighted by atomic mass is 79.9. The topological polar surface area (TPSA) is 3.24 Å². The number of rotatable bonds is 1. The SMILES string of the molecule is CC(C)[N+]12CCN(CC1)CC2.[Br-]. The molecule has 72 valence electrons. The summed E-state index contributed by atoms with van der Waals surface area (Å²) in [6.45, 7) is 13.0. The molecule has 0 aromatic heterocycles. The van der Waals surface area contributed by atoms with Crippen LogP contribution >= 0.6 is 0 Å². The molecule has 2 bridgehead atoms. The zero-order valence-corrected chi connectivity index (χ0v) is 9.68. The van der Waals surface area contributed by atoms with Crippen LogP contribution in [0.2, 0.25) is 0 Å². The Bertz CT molecular complexity index is 137. The lowest BCUT2D eigenvalue weighted by Crippen LogP contribution is -3.00. The maximum absolute atomic E-state index is 2.60. The molecule has 3 fully saturated rings. The Morgan fingerprint density at radius 2 is 1.42 bits per heavy atom. The van der Waals surface area contributed by atoms with Crippen LogP contribution in [0, 0.1) is 0 Å². The van der Waals surface area contributed by atoms with Crippen molar-refractivity contribution >= 4 is 0 Å². The van der Waals surface area contributed by atoms with Crippen molar-refractivity contribution in [1.82, 2.24) is 4.90 Å². The normalized spacial score (nSPS) is 39.8. The lowest BCUT2D eigenvalue weighted by Gasteiger charge is -2.53. The molecule has 2 nitrogen and oxygen atoms in total. The summed E-state index contributed by atoms with van der Waals surface area (Å²) in [5.74, 6) is 0. The first-order chi connectivity index (χ1) is 5.23. The van der Waals surface area contributed by atoms with E-state index in [0.29, 0.717) is 0 Å². The van der Waals surface area contributed by atoms with Crippen molar-refractivity contribution in [3.63, 3.8) is 0 Å². The van der Waals surface area contributed by atoms with Crippen LogP contribution in [0.1, 0.15) is 13.8 Å². The molecule has 0 N–H and O–H groups in total. The van der Waals surface area contributed by atoms with Crippen LogP contribution < -0.4 is 17.0 Å². The van der Waals surface area contributed by atoms with E-state index in [1.807, 2.05) is 0 Å². The van der Waals surface area contributed by atoms with Gasteiger partial charge in [0.25, 0.3) is 0 Å². The van der Waals surface area contributed by atoms with E-state index in [4.69, 9.17) is 0 Å². The number of fused-ring (bicyclic) bond motifs is 3. The van der Waals surface area contributed by atoms with Gasteiger partial charge in [0.2, 0.25) is 0 Å². The standard InChI is InChI=1S/C9H19N2.BrH/c1-9(2)11-6-3-10(4-7-11)5-8-11;/h9H,3-8H2,1-2H3;1H/q+1;/p-1. The van der Waals surface area contributed by atoms with Gasteiger partial charge in [0.1, 0.15) is 0 Å². The molecule has 0 aromatic carbocycles. The molecule has 3 aliphatic rings. The number of nitrogens with zero attached hydrogens (tertiary/aromatic N) is 2. The van der Waals surface area contributed by atoms with Crippen LogP contribution in [-0.4, -0.2) is 54.7 Å². The van der Waals surface area contributed by atoms with E-state index in [1.54, 1.807) is 0 Å². The van der Waals surface area contributed by atoms with Gasteiger partial charge in [-0.2, -0.15) is 0 Å². The Kier molecular flexibility index (Phi) is 3.18. The van der Waals surface area contributed by atoms with Gasteiger partial charge in [0.15, 0.2) is 0 Å². The minimum Gasteiger partial charge on any atom is -1.00 e. The summed E-state index contributed by atoms with van der Waals surface area (Å²) in [6, 6.07) is 0.845. The monoisotopic (exact) mass is 234 g/mol. The van der Waals surface area contributed by atoms with Crippen LogP contribution in [-0.2, 0) is 0 Å². The maximum Gasteiger partial charge on any atom is 0.0918 e. The van der Waals surface area contributed by atoms with Crippen molar-refractivity contribution in [2.45, 2.75) is 19.9 Å². The molecule has 12 heavy (non-hydrogen) atoms. The van der Waals surface area contributed by atoms with Crippen LogP contribution in [0.25, 0.3) is 0 Å². The predicted molar refractivity (Wildman–Crippen MR) is 46.4 cm³/mol. The van der Waals surface area contributed by atoms with Gasteiger partial charge in [-0.25, -0.2) is 0 Å². The summed E-state index contributed by atoms with van der Waals surface area (Å²) >= 11 is 0. The first kappa shape index (κ1) is 10.5. The summed E-state index contributed by atoms with van der Waals surface area (Å²) in [5, 5.41) is 0. The smallest absolute Gasteiger partial charge is 0.0918 e. The molecule has 0 radical (unpaired) electrons. The number of hydrogen-bond donors (Lipinski definition) is 0. The highest BCUT2D eigenvalue weighted by Crippen LogP contribution is 2.22. The van der Waals surface area contributed by atoms with Gasteiger partial charge in [-0.1, -0.05) is 0 Å². The quantitative estimate of drug-likeness (QED) is 0.456. The second-order valence-corrected chi connectivity index (χ2v) is 4.32. The van der Waals surface area contributed by atoms with Crippen molar-refractivity contribution in [3.8, 4) is 0 Å². The molecule has 0 spiro atoms. The molecule has 3 aliphatic heterocycles. The largest absolute Gasteiger partial charge is 1.00 e. The van der Waals surface area contributed by atoms with Crippen molar-refractivity contribution < 1.29 is 21.5 Å². The molecule has 3 heterocycles. The van der Waals surface area contributed by atoms with Gasteiger partial charge in [-0.15, -0.1) is 0 Å². The van der Waals surface area contributed by atoms with E-state index in [-0.39, 0.29) is 17.0 Å². The molecule has 0 aliphatic carbocycles. The fourth-order valence-electron chi connectivity index (χ4n) is 2.47. The minimum atomic E-state index is 0. The first-order valence-corrected chi connectivity index (χ1v) is 4.81. The number of halogens is 1. The van der Waals surface area contributed by atoms with E-state index in [2.05, 4.69) is 18.7 Å². The van der Waals surface area contributed by atoms with Crippen LogP contribution in [0.15, 0.2) is 0 Å². The summed E-state index contributed by atoms with van der Waals surface area (Å²) < 4.78 is 1.40. The van der Waals surface area contributed by atoms with Crippen molar-refractivity contribution in [2.24, 2.45) is 0 Å². The second-order valence-electron chi connectivity index (χ2n) is 4.32. The summed E-state index contributed by atoms with van der Waals surface area (Å²) in [6.07, 6.45) is 0. The molecule has 0 aromatic rings. The average molecular weight is 235 g/mol. The van der Waals surface area contributed by atoms with Gasteiger partial charge in [-0.3, -0.25) is 4.90 Å². The number of hydrogen-bond acceptors (Lipinski definition) is 1. The third-order valence-electron chi connectivity index (χ3n) is 3.68. The number of quaternary nitrogens is 1. The Labute approximate surface area is 85.9 Å². The highest BCUT2D eigenvalue weighted by Gasteiger charge is 2.40. The van der Waals surface area contributed by atoms with E-state index in [0.717, 1.165) is 6.04 Å². The van der Waals surface area contributed by atoms with Gasteiger partial charge in [-0.05, 0) is 13.8 Å². The maximum atomic E-state index is 2.60. The summed E-state index contributed by atoms with van der Waals surface area (Å²) in [7, 11) is 0. The van der Waals surface area contributed by atoms with Crippen molar-refractivity contribution in [2.75, 3.05) is 39.3 Å². The zero-order valence-electron chi connectivity index (χ0n) is 8.09. The van der Waals surface area contributed by atoms with E-state index in [1.165, 1.54) is 43.8 Å². The Balaban J connectivity index is 0.000000720.